The molecule has 2 aliphatic heterocycles. The molecule has 0 bridgehead atoms. The Hall–Kier alpha value is -4.00. The highest BCUT2D eigenvalue weighted by molar-refractivity contribution is 6.27. The van der Waals surface area contributed by atoms with Gasteiger partial charge in [-0.2, -0.15) is 0 Å². The number of hydrogen-bond donors (Lipinski definition) is 1. The maximum absolute atomic E-state index is 12.7. The first-order valence-electron chi connectivity index (χ1n) is 9.64. The van der Waals surface area contributed by atoms with Crippen LogP contribution in [-0.4, -0.2) is 41.6 Å². The summed E-state index contributed by atoms with van der Waals surface area (Å²) in [4.78, 5) is 52.9. The number of rotatable bonds is 4. The van der Waals surface area contributed by atoms with Gasteiger partial charge < -0.3 is 10.2 Å². The SMILES string of the molecule is CCN1C(=O)c2cccc3c(NC(=O)CN4C(=O)c5ccccc5C4=O)ccc1c23. The van der Waals surface area contributed by atoms with E-state index in [-0.39, 0.29) is 12.5 Å². The van der Waals surface area contributed by atoms with Gasteiger partial charge in [-0.25, -0.2) is 0 Å². The zero-order valence-corrected chi connectivity index (χ0v) is 16.1. The molecule has 0 fully saturated rings. The third-order valence-electron chi connectivity index (χ3n) is 5.56. The van der Waals surface area contributed by atoms with E-state index in [1.54, 1.807) is 53.4 Å². The molecule has 0 unspecified atom stereocenters. The maximum atomic E-state index is 12.7. The summed E-state index contributed by atoms with van der Waals surface area (Å²) in [6.45, 7) is 2.08. The highest BCUT2D eigenvalue weighted by atomic mass is 16.2. The van der Waals surface area contributed by atoms with Crippen molar-refractivity contribution in [3.8, 4) is 0 Å². The number of imide groups is 1. The van der Waals surface area contributed by atoms with E-state index >= 15 is 0 Å². The van der Waals surface area contributed by atoms with Gasteiger partial charge in [-0.05, 0) is 37.3 Å². The average molecular weight is 399 g/mol. The first-order chi connectivity index (χ1) is 14.5. The van der Waals surface area contributed by atoms with E-state index in [1.165, 1.54) is 0 Å². The second-order valence-electron chi connectivity index (χ2n) is 7.20. The third kappa shape index (κ3) is 2.45. The van der Waals surface area contributed by atoms with E-state index < -0.39 is 17.7 Å². The van der Waals surface area contributed by atoms with Gasteiger partial charge in [0.1, 0.15) is 6.54 Å². The molecule has 0 saturated heterocycles. The fraction of sp³-hybridized carbons (Fsp3) is 0.130. The Bertz CT molecular complexity index is 1250. The molecule has 0 spiro atoms. The summed E-state index contributed by atoms with van der Waals surface area (Å²) in [5.74, 6) is -1.50. The molecule has 5 rings (SSSR count). The minimum Gasteiger partial charge on any atom is -0.324 e. The van der Waals surface area contributed by atoms with Crippen LogP contribution < -0.4 is 10.2 Å². The molecular weight excluding hydrogens is 382 g/mol. The van der Waals surface area contributed by atoms with Crippen molar-refractivity contribution in [1.29, 1.82) is 0 Å². The van der Waals surface area contributed by atoms with Gasteiger partial charge in [0, 0.05) is 28.6 Å². The van der Waals surface area contributed by atoms with Crippen molar-refractivity contribution >= 4 is 45.8 Å². The van der Waals surface area contributed by atoms with Crippen LogP contribution in [0.4, 0.5) is 11.4 Å². The molecular formula is C23H17N3O4. The summed E-state index contributed by atoms with van der Waals surface area (Å²) in [6, 6.07) is 15.4. The van der Waals surface area contributed by atoms with E-state index in [0.717, 1.165) is 21.4 Å². The number of hydrogen-bond acceptors (Lipinski definition) is 4. The predicted molar refractivity (Wildman–Crippen MR) is 112 cm³/mol. The summed E-state index contributed by atoms with van der Waals surface area (Å²) in [5, 5.41) is 4.33. The van der Waals surface area contributed by atoms with E-state index in [1.807, 2.05) is 13.0 Å². The highest BCUT2D eigenvalue weighted by Crippen LogP contribution is 2.40. The van der Waals surface area contributed by atoms with Gasteiger partial charge in [-0.3, -0.25) is 24.1 Å². The van der Waals surface area contributed by atoms with Crippen molar-refractivity contribution in [2.45, 2.75) is 6.92 Å². The van der Waals surface area contributed by atoms with Crippen LogP contribution in [0.25, 0.3) is 10.8 Å². The number of carbonyl (C=O) groups is 4. The number of nitrogens with zero attached hydrogens (tertiary/aromatic N) is 2. The van der Waals surface area contributed by atoms with E-state index in [2.05, 4.69) is 5.32 Å². The third-order valence-corrected chi connectivity index (χ3v) is 5.56. The Morgan fingerprint density at radius 1 is 0.800 bits per heavy atom. The zero-order valence-electron chi connectivity index (χ0n) is 16.1. The molecule has 0 radical (unpaired) electrons. The Morgan fingerprint density at radius 2 is 1.43 bits per heavy atom. The molecule has 2 aliphatic rings. The largest absolute Gasteiger partial charge is 0.324 e. The van der Waals surface area contributed by atoms with Gasteiger partial charge >= 0.3 is 0 Å². The lowest BCUT2D eigenvalue weighted by molar-refractivity contribution is -0.116. The van der Waals surface area contributed by atoms with Crippen LogP contribution in [0.2, 0.25) is 0 Å². The van der Waals surface area contributed by atoms with Crippen molar-refractivity contribution in [3.05, 3.63) is 71.3 Å². The van der Waals surface area contributed by atoms with Crippen LogP contribution in [0.1, 0.15) is 38.0 Å². The number of fused-ring (bicyclic) bond motifs is 1. The Morgan fingerprint density at radius 3 is 2.10 bits per heavy atom. The van der Waals surface area contributed by atoms with Crippen molar-refractivity contribution in [2.24, 2.45) is 0 Å². The topological polar surface area (TPSA) is 86.8 Å². The summed E-state index contributed by atoms with van der Waals surface area (Å²) in [5.41, 5.74) is 2.55. The van der Waals surface area contributed by atoms with Gasteiger partial charge in [0.25, 0.3) is 17.7 Å². The number of benzene rings is 3. The molecule has 3 aromatic rings. The van der Waals surface area contributed by atoms with Crippen molar-refractivity contribution < 1.29 is 19.2 Å². The maximum Gasteiger partial charge on any atom is 0.262 e. The van der Waals surface area contributed by atoms with Gasteiger partial charge in [0.2, 0.25) is 5.91 Å². The summed E-state index contributed by atoms with van der Waals surface area (Å²) in [7, 11) is 0. The number of amides is 4. The first kappa shape index (κ1) is 18.1. The average Bonchev–Trinajstić information content (AvgIpc) is 3.17. The van der Waals surface area contributed by atoms with E-state index in [0.29, 0.717) is 28.9 Å². The molecule has 148 valence electrons. The summed E-state index contributed by atoms with van der Waals surface area (Å²) >= 11 is 0. The Balaban J connectivity index is 1.43. The van der Waals surface area contributed by atoms with Crippen LogP contribution in [0.15, 0.2) is 54.6 Å². The minimum atomic E-state index is -0.484. The number of nitrogens with one attached hydrogen (secondary N) is 1. The van der Waals surface area contributed by atoms with Crippen molar-refractivity contribution in [2.75, 3.05) is 23.3 Å². The smallest absolute Gasteiger partial charge is 0.262 e. The Kier molecular flexibility index (Phi) is 3.92. The van der Waals surface area contributed by atoms with Gasteiger partial charge in [0.15, 0.2) is 0 Å². The molecule has 4 amide bonds. The summed E-state index contributed by atoms with van der Waals surface area (Å²) < 4.78 is 0. The van der Waals surface area contributed by atoms with Crippen molar-refractivity contribution in [1.82, 2.24) is 4.90 Å². The molecule has 3 aromatic carbocycles. The van der Waals surface area contributed by atoms with Gasteiger partial charge in [0.05, 0.1) is 16.8 Å². The highest BCUT2D eigenvalue weighted by Gasteiger charge is 2.36. The minimum absolute atomic E-state index is 0.0624. The predicted octanol–water partition coefficient (Wildman–Crippen LogP) is 3.05. The standard InChI is InChI=1S/C23H17N3O4/c1-2-25-18-11-10-17(15-8-5-9-16(20(15)18)23(25)30)24-19(27)12-26-21(28)13-6-3-4-7-14(13)22(26)29/h3-11H,2,12H2,1H3,(H,24,27). The lowest BCUT2D eigenvalue weighted by Gasteiger charge is -2.17. The number of anilines is 2. The van der Waals surface area contributed by atoms with Crippen molar-refractivity contribution in [3.63, 3.8) is 0 Å². The van der Waals surface area contributed by atoms with Crippen LogP contribution in [0, 0.1) is 0 Å². The molecule has 7 nitrogen and oxygen atoms in total. The van der Waals surface area contributed by atoms with Crippen LogP contribution in [0.5, 0.6) is 0 Å². The van der Waals surface area contributed by atoms with Crippen LogP contribution in [0.3, 0.4) is 0 Å². The lowest BCUT2D eigenvalue weighted by Crippen LogP contribution is -2.37. The van der Waals surface area contributed by atoms with Gasteiger partial charge in [-0.1, -0.05) is 24.3 Å². The second kappa shape index (κ2) is 6.52. The normalized spacial score (nSPS) is 14.6. The second-order valence-corrected chi connectivity index (χ2v) is 7.20. The Labute approximate surface area is 171 Å². The zero-order chi connectivity index (χ0) is 21.0. The number of carbonyl (C=O) groups excluding carboxylic acids is 4. The van der Waals surface area contributed by atoms with Crippen LogP contribution in [-0.2, 0) is 4.79 Å². The monoisotopic (exact) mass is 399 g/mol. The molecule has 1 N–H and O–H groups in total. The molecule has 0 aliphatic carbocycles. The van der Waals surface area contributed by atoms with Crippen LogP contribution >= 0.6 is 0 Å². The molecule has 30 heavy (non-hydrogen) atoms. The van der Waals surface area contributed by atoms with E-state index in [4.69, 9.17) is 0 Å². The lowest BCUT2D eigenvalue weighted by atomic mass is 10.0. The fourth-order valence-corrected chi connectivity index (χ4v) is 4.19. The first-order valence-corrected chi connectivity index (χ1v) is 9.64. The molecule has 0 saturated carbocycles. The molecule has 0 aromatic heterocycles. The van der Waals surface area contributed by atoms with Gasteiger partial charge in [-0.15, -0.1) is 0 Å². The molecule has 7 heteroatoms. The summed E-state index contributed by atoms with van der Waals surface area (Å²) in [6.07, 6.45) is 0. The fourth-order valence-electron chi connectivity index (χ4n) is 4.19. The van der Waals surface area contributed by atoms with E-state index in [9.17, 15) is 19.2 Å². The molecule has 2 heterocycles. The molecule has 0 atom stereocenters. The quantitative estimate of drug-likeness (QED) is 0.683.